The molecule has 0 spiro atoms. The van der Waals surface area contributed by atoms with E-state index >= 15 is 0 Å². The number of carboxylic acids is 1. The molecule has 0 aliphatic rings. The number of halogens is 2. The second kappa shape index (κ2) is 4.07. The molecule has 2 aromatic rings. The van der Waals surface area contributed by atoms with Crippen LogP contribution in [0.25, 0.3) is 10.8 Å². The van der Waals surface area contributed by atoms with Gasteiger partial charge in [-0.15, -0.1) is 11.3 Å². The third kappa shape index (κ3) is 2.14. The van der Waals surface area contributed by atoms with Crippen LogP contribution in [0.2, 0.25) is 0 Å². The maximum atomic E-state index is 10.6. The van der Waals surface area contributed by atoms with Crippen LogP contribution in [0.15, 0.2) is 25.8 Å². The van der Waals surface area contributed by atoms with E-state index in [4.69, 9.17) is 9.52 Å². The van der Waals surface area contributed by atoms with E-state index in [1.807, 2.05) is 0 Å². The van der Waals surface area contributed by atoms with Gasteiger partial charge >= 0.3 is 5.97 Å². The molecule has 0 aliphatic carbocycles. The molecule has 7 heteroatoms. The van der Waals surface area contributed by atoms with Crippen molar-refractivity contribution >= 4 is 49.2 Å². The number of carboxylic acid groups (broad SMARTS) is 1. The van der Waals surface area contributed by atoms with Gasteiger partial charge in [0.15, 0.2) is 15.4 Å². The number of nitrogens with zero attached hydrogens (tertiary/aromatic N) is 1. The molecule has 0 atom stereocenters. The molecule has 0 saturated heterocycles. The van der Waals surface area contributed by atoms with E-state index in [1.54, 1.807) is 6.07 Å². The molecule has 0 saturated carbocycles. The van der Waals surface area contributed by atoms with E-state index in [0.29, 0.717) is 15.4 Å². The molecule has 0 amide bonds. The van der Waals surface area contributed by atoms with E-state index in [2.05, 4.69) is 36.8 Å². The predicted molar refractivity (Wildman–Crippen MR) is 62.2 cm³/mol. The lowest BCUT2D eigenvalue weighted by molar-refractivity contribution is 0.0702. The Morgan fingerprint density at radius 3 is 2.73 bits per heavy atom. The summed E-state index contributed by atoms with van der Waals surface area (Å²) in [4.78, 5) is 14.8. The summed E-state index contributed by atoms with van der Waals surface area (Å²) >= 11 is 7.54. The number of thiazole rings is 1. The van der Waals surface area contributed by atoms with Crippen molar-refractivity contribution < 1.29 is 14.3 Å². The number of carbonyl (C=O) groups is 1. The van der Waals surface area contributed by atoms with Gasteiger partial charge < -0.3 is 9.52 Å². The van der Waals surface area contributed by atoms with Crippen LogP contribution in [0.5, 0.6) is 0 Å². The molecule has 0 fully saturated rings. The quantitative estimate of drug-likeness (QED) is 0.896. The van der Waals surface area contributed by atoms with Crippen LogP contribution in [-0.2, 0) is 0 Å². The molecule has 78 valence electrons. The molecule has 2 heterocycles. The Hall–Kier alpha value is -0.660. The zero-order valence-corrected chi connectivity index (χ0v) is 11.0. The minimum Gasteiger partial charge on any atom is -0.477 e. The average molecular weight is 353 g/mol. The Kier molecular flexibility index (Phi) is 2.94. The van der Waals surface area contributed by atoms with Crippen LogP contribution in [0.3, 0.4) is 0 Å². The van der Waals surface area contributed by atoms with E-state index in [1.165, 1.54) is 6.20 Å². The summed E-state index contributed by atoms with van der Waals surface area (Å²) in [5, 5.41) is 9.27. The first-order valence-corrected chi connectivity index (χ1v) is 6.12. The van der Waals surface area contributed by atoms with Gasteiger partial charge in [-0.05, 0) is 31.9 Å². The fourth-order valence-electron chi connectivity index (χ4n) is 0.939. The number of rotatable bonds is 2. The topological polar surface area (TPSA) is 63.3 Å². The SMILES string of the molecule is O=C(O)c1cnc(-c2cc(Br)c(Br)o2)s1. The van der Waals surface area contributed by atoms with Gasteiger partial charge in [0.2, 0.25) is 0 Å². The monoisotopic (exact) mass is 351 g/mol. The van der Waals surface area contributed by atoms with E-state index < -0.39 is 5.97 Å². The van der Waals surface area contributed by atoms with Gasteiger partial charge in [-0.2, -0.15) is 0 Å². The summed E-state index contributed by atoms with van der Waals surface area (Å²) in [6.07, 6.45) is 1.31. The normalized spacial score (nSPS) is 10.5. The molecule has 0 aliphatic heterocycles. The van der Waals surface area contributed by atoms with Crippen molar-refractivity contribution in [3.05, 3.63) is 26.3 Å². The van der Waals surface area contributed by atoms with Crippen molar-refractivity contribution in [1.82, 2.24) is 4.98 Å². The highest BCUT2D eigenvalue weighted by molar-refractivity contribution is 9.13. The van der Waals surface area contributed by atoms with Crippen LogP contribution >= 0.6 is 43.2 Å². The lowest BCUT2D eigenvalue weighted by atomic mass is 10.5. The van der Waals surface area contributed by atoms with Crippen molar-refractivity contribution in [3.8, 4) is 10.8 Å². The Morgan fingerprint density at radius 1 is 1.53 bits per heavy atom. The van der Waals surface area contributed by atoms with E-state index in [-0.39, 0.29) is 4.88 Å². The maximum Gasteiger partial charge on any atom is 0.347 e. The number of hydrogen-bond donors (Lipinski definition) is 1. The highest BCUT2D eigenvalue weighted by atomic mass is 79.9. The van der Waals surface area contributed by atoms with Gasteiger partial charge in [0.1, 0.15) is 4.88 Å². The summed E-state index contributed by atoms with van der Waals surface area (Å²) in [7, 11) is 0. The van der Waals surface area contributed by atoms with Gasteiger partial charge in [-0.3, -0.25) is 0 Å². The molecule has 0 bridgehead atoms. The molecule has 1 N–H and O–H groups in total. The van der Waals surface area contributed by atoms with Crippen LogP contribution in [0.4, 0.5) is 0 Å². The van der Waals surface area contributed by atoms with Crippen molar-refractivity contribution in [2.24, 2.45) is 0 Å². The standard InChI is InChI=1S/C8H3Br2NO3S/c9-3-1-4(14-6(3)10)7-11-2-5(15-7)8(12)13/h1-2H,(H,12,13). The molecule has 2 aromatic heterocycles. The van der Waals surface area contributed by atoms with Crippen LogP contribution in [0, 0.1) is 0 Å². The van der Waals surface area contributed by atoms with Crippen molar-refractivity contribution in [3.63, 3.8) is 0 Å². The third-order valence-corrected chi connectivity index (χ3v) is 4.28. The number of furan rings is 1. The van der Waals surface area contributed by atoms with Crippen LogP contribution < -0.4 is 0 Å². The molecule has 0 unspecified atom stereocenters. The molecule has 2 rings (SSSR count). The van der Waals surface area contributed by atoms with Gasteiger partial charge in [0.25, 0.3) is 0 Å². The lowest BCUT2D eigenvalue weighted by Gasteiger charge is -1.85. The Morgan fingerprint density at radius 2 is 2.27 bits per heavy atom. The zero-order valence-electron chi connectivity index (χ0n) is 7.03. The first-order chi connectivity index (χ1) is 7.08. The Balaban J connectivity index is 2.41. The summed E-state index contributed by atoms with van der Waals surface area (Å²) < 4.78 is 6.65. The van der Waals surface area contributed by atoms with Gasteiger partial charge in [-0.25, -0.2) is 9.78 Å². The van der Waals surface area contributed by atoms with E-state index in [0.717, 1.165) is 15.8 Å². The second-order valence-corrected chi connectivity index (χ2v) is 5.17. The van der Waals surface area contributed by atoms with Crippen molar-refractivity contribution in [2.75, 3.05) is 0 Å². The fourth-order valence-corrected chi connectivity index (χ4v) is 2.22. The second-order valence-electron chi connectivity index (χ2n) is 2.57. The van der Waals surface area contributed by atoms with Gasteiger partial charge in [0, 0.05) is 6.07 Å². The maximum absolute atomic E-state index is 10.6. The zero-order chi connectivity index (χ0) is 11.0. The summed E-state index contributed by atoms with van der Waals surface area (Å²) in [6, 6.07) is 1.73. The average Bonchev–Trinajstić information content (AvgIpc) is 2.74. The van der Waals surface area contributed by atoms with Gasteiger partial charge in [-0.1, -0.05) is 0 Å². The Labute approximate surface area is 105 Å². The summed E-state index contributed by atoms with van der Waals surface area (Å²) in [6.45, 7) is 0. The van der Waals surface area contributed by atoms with Crippen LogP contribution in [-0.4, -0.2) is 16.1 Å². The lowest BCUT2D eigenvalue weighted by Crippen LogP contribution is -1.89. The molecular weight excluding hydrogens is 350 g/mol. The number of hydrogen-bond acceptors (Lipinski definition) is 4. The molecular formula is C8H3Br2NO3S. The smallest absolute Gasteiger partial charge is 0.347 e. The number of aromatic carboxylic acids is 1. The fraction of sp³-hybridized carbons (Fsp3) is 0. The first-order valence-electron chi connectivity index (χ1n) is 3.72. The van der Waals surface area contributed by atoms with Crippen molar-refractivity contribution in [1.29, 1.82) is 0 Å². The minimum atomic E-state index is -0.983. The Bertz CT molecular complexity index is 500. The van der Waals surface area contributed by atoms with E-state index in [9.17, 15) is 4.79 Å². The minimum absolute atomic E-state index is 0.189. The van der Waals surface area contributed by atoms with Crippen LogP contribution in [0.1, 0.15) is 9.67 Å². The number of aromatic nitrogens is 1. The largest absolute Gasteiger partial charge is 0.477 e. The summed E-state index contributed by atoms with van der Waals surface area (Å²) in [5.74, 6) is -0.449. The van der Waals surface area contributed by atoms with Gasteiger partial charge in [0.05, 0.1) is 10.7 Å². The highest BCUT2D eigenvalue weighted by Crippen LogP contribution is 2.34. The summed E-state index contributed by atoms with van der Waals surface area (Å²) in [5.41, 5.74) is 0. The highest BCUT2D eigenvalue weighted by Gasteiger charge is 2.14. The first kappa shape index (κ1) is 10.8. The molecule has 15 heavy (non-hydrogen) atoms. The molecule has 0 aromatic carbocycles. The predicted octanol–water partition coefficient (Wildman–Crippen LogP) is 3.63. The van der Waals surface area contributed by atoms with Crippen molar-refractivity contribution in [2.45, 2.75) is 0 Å². The molecule has 4 nitrogen and oxygen atoms in total. The molecule has 0 radical (unpaired) electrons. The third-order valence-electron chi connectivity index (χ3n) is 1.57.